The first kappa shape index (κ1) is 28.4. The lowest BCUT2D eigenvalue weighted by atomic mass is 10.1. The number of nitrogens with zero attached hydrogens (tertiary/aromatic N) is 6. The molecular weight excluding hydrogens is 494 g/mol. The minimum atomic E-state index is -0.408. The van der Waals surface area contributed by atoms with Crippen LogP contribution in [0.15, 0.2) is 82.1 Å². The SMILES string of the molecule is COc1ccccc1N=N/C(=N/NC(=O)c1ccc(C)cc1)c1ccc(N(CCC#N)CCC#N)cc1OC. The number of nitriles is 2. The minimum absolute atomic E-state index is 0.102. The van der Waals surface area contributed by atoms with Gasteiger partial charge in [0.2, 0.25) is 5.84 Å². The van der Waals surface area contributed by atoms with E-state index in [1.165, 1.54) is 14.2 Å². The van der Waals surface area contributed by atoms with Crippen LogP contribution in [0.5, 0.6) is 11.5 Å². The largest absolute Gasteiger partial charge is 0.496 e. The first-order chi connectivity index (χ1) is 19.0. The third kappa shape index (κ3) is 7.88. The summed E-state index contributed by atoms with van der Waals surface area (Å²) in [5.41, 5.74) is 5.75. The number of hydrogen-bond acceptors (Lipinski definition) is 8. The fourth-order valence-corrected chi connectivity index (χ4v) is 3.62. The Labute approximate surface area is 227 Å². The van der Waals surface area contributed by atoms with E-state index in [0.717, 1.165) is 11.3 Å². The normalized spacial score (nSPS) is 10.9. The molecule has 0 atom stereocenters. The molecule has 10 nitrogen and oxygen atoms in total. The summed E-state index contributed by atoms with van der Waals surface area (Å²) in [7, 11) is 3.05. The number of ether oxygens (including phenoxy) is 2. The lowest BCUT2D eigenvalue weighted by Gasteiger charge is -2.23. The highest BCUT2D eigenvalue weighted by molar-refractivity contribution is 6.03. The lowest BCUT2D eigenvalue weighted by Crippen LogP contribution is -2.25. The number of para-hydroxylation sites is 1. The third-order valence-corrected chi connectivity index (χ3v) is 5.69. The highest BCUT2D eigenvalue weighted by atomic mass is 16.5. The van der Waals surface area contributed by atoms with Crippen LogP contribution in [-0.2, 0) is 0 Å². The van der Waals surface area contributed by atoms with Crippen molar-refractivity contribution in [3.8, 4) is 23.6 Å². The molecule has 0 saturated carbocycles. The number of aryl methyl sites for hydroxylation is 1. The molecule has 1 N–H and O–H groups in total. The van der Waals surface area contributed by atoms with Gasteiger partial charge in [0.25, 0.3) is 5.91 Å². The van der Waals surface area contributed by atoms with Crippen molar-refractivity contribution in [1.29, 1.82) is 10.5 Å². The highest BCUT2D eigenvalue weighted by Crippen LogP contribution is 2.30. The average molecular weight is 524 g/mol. The summed E-state index contributed by atoms with van der Waals surface area (Å²) in [6.45, 7) is 2.86. The van der Waals surface area contributed by atoms with Crippen LogP contribution >= 0.6 is 0 Å². The van der Waals surface area contributed by atoms with Crippen LogP contribution in [-0.4, -0.2) is 39.1 Å². The summed E-state index contributed by atoms with van der Waals surface area (Å²) in [6.07, 6.45) is 0.612. The van der Waals surface area contributed by atoms with Gasteiger partial charge in [-0.25, -0.2) is 5.43 Å². The Morgan fingerprint density at radius 2 is 1.59 bits per heavy atom. The van der Waals surface area contributed by atoms with Crippen molar-refractivity contribution in [3.63, 3.8) is 0 Å². The van der Waals surface area contributed by atoms with Crippen molar-refractivity contribution in [3.05, 3.63) is 83.4 Å². The number of rotatable bonds is 11. The van der Waals surface area contributed by atoms with E-state index in [2.05, 4.69) is 32.9 Å². The monoisotopic (exact) mass is 523 g/mol. The number of methoxy groups -OCH3 is 2. The van der Waals surface area contributed by atoms with Gasteiger partial charge < -0.3 is 14.4 Å². The highest BCUT2D eigenvalue weighted by Gasteiger charge is 2.16. The van der Waals surface area contributed by atoms with Crippen molar-refractivity contribution < 1.29 is 14.3 Å². The molecule has 0 fully saturated rings. The number of amidine groups is 1. The summed E-state index contributed by atoms with van der Waals surface area (Å²) in [6, 6.07) is 23.9. The van der Waals surface area contributed by atoms with E-state index in [1.807, 2.05) is 36.1 Å². The summed E-state index contributed by atoms with van der Waals surface area (Å²) in [5, 5.41) is 31.0. The fourth-order valence-electron chi connectivity index (χ4n) is 3.62. The van der Waals surface area contributed by atoms with Gasteiger partial charge in [0.15, 0.2) is 0 Å². The molecule has 0 bridgehead atoms. The number of carbonyl (C=O) groups excluding carboxylic acids is 1. The smallest absolute Gasteiger partial charge is 0.271 e. The number of anilines is 1. The van der Waals surface area contributed by atoms with Crippen LogP contribution < -0.4 is 19.8 Å². The second-order valence-electron chi connectivity index (χ2n) is 8.30. The van der Waals surface area contributed by atoms with Gasteiger partial charge in [-0.1, -0.05) is 29.8 Å². The van der Waals surface area contributed by atoms with E-state index < -0.39 is 5.91 Å². The molecule has 3 aromatic carbocycles. The number of nitrogens with one attached hydrogen (secondary N) is 1. The van der Waals surface area contributed by atoms with E-state index in [9.17, 15) is 4.79 Å². The van der Waals surface area contributed by atoms with Gasteiger partial charge in [-0.3, -0.25) is 4.79 Å². The fraction of sp³-hybridized carbons (Fsp3) is 0.241. The Kier molecular flexibility index (Phi) is 10.5. The molecule has 3 rings (SSSR count). The molecule has 0 heterocycles. The van der Waals surface area contributed by atoms with Gasteiger partial charge in [0.05, 0.1) is 44.8 Å². The van der Waals surface area contributed by atoms with Crippen LogP contribution in [0, 0.1) is 29.6 Å². The Morgan fingerprint density at radius 1 is 0.923 bits per heavy atom. The Bertz CT molecular complexity index is 1400. The van der Waals surface area contributed by atoms with Gasteiger partial charge >= 0.3 is 0 Å². The third-order valence-electron chi connectivity index (χ3n) is 5.69. The van der Waals surface area contributed by atoms with Crippen LogP contribution in [0.1, 0.15) is 34.3 Å². The second-order valence-corrected chi connectivity index (χ2v) is 8.30. The molecule has 1 amide bonds. The molecule has 0 aromatic heterocycles. The quantitative estimate of drug-likeness (QED) is 0.152. The molecule has 0 radical (unpaired) electrons. The molecule has 0 aliphatic heterocycles. The van der Waals surface area contributed by atoms with Gasteiger partial charge in [-0.2, -0.15) is 10.5 Å². The lowest BCUT2D eigenvalue weighted by molar-refractivity contribution is 0.0954. The predicted molar refractivity (Wildman–Crippen MR) is 148 cm³/mol. The summed E-state index contributed by atoms with van der Waals surface area (Å²) in [4.78, 5) is 14.7. The van der Waals surface area contributed by atoms with Crippen molar-refractivity contribution in [1.82, 2.24) is 5.43 Å². The van der Waals surface area contributed by atoms with Gasteiger partial charge in [0, 0.05) is 30.4 Å². The molecule has 0 unspecified atom stereocenters. The maximum absolute atomic E-state index is 12.8. The van der Waals surface area contributed by atoms with Crippen molar-refractivity contribution >= 4 is 23.1 Å². The van der Waals surface area contributed by atoms with Crippen LogP contribution in [0.3, 0.4) is 0 Å². The van der Waals surface area contributed by atoms with E-state index in [4.69, 9.17) is 20.0 Å². The molecule has 0 aliphatic rings. The molecule has 10 heteroatoms. The standard InChI is InChI=1S/C29H29N7O3/c1-21-10-12-22(13-11-21)29(37)35-34-28(33-32-25-8-4-5-9-26(25)38-2)24-15-14-23(20-27(24)39-3)36(18-6-16-30)19-7-17-31/h4-5,8-15,20H,6-7,18-19H2,1-3H3,(H,35,37)/b33-32?,34-28+. The van der Waals surface area contributed by atoms with Crippen molar-refractivity contribution in [2.45, 2.75) is 19.8 Å². The summed E-state index contributed by atoms with van der Waals surface area (Å²) in [5.74, 6) is 0.645. The van der Waals surface area contributed by atoms with Gasteiger partial charge in [-0.05, 0) is 43.3 Å². The zero-order valence-electron chi connectivity index (χ0n) is 22.1. The van der Waals surface area contributed by atoms with Crippen LogP contribution in [0.2, 0.25) is 0 Å². The average Bonchev–Trinajstić information content (AvgIpc) is 2.97. The molecule has 39 heavy (non-hydrogen) atoms. The molecule has 198 valence electrons. The second kappa shape index (κ2) is 14.5. The van der Waals surface area contributed by atoms with Gasteiger partial charge in [0.1, 0.15) is 17.2 Å². The van der Waals surface area contributed by atoms with Crippen molar-refractivity contribution in [2.24, 2.45) is 15.3 Å². The number of azo groups is 1. The molecule has 3 aromatic rings. The van der Waals surface area contributed by atoms with E-state index in [-0.39, 0.29) is 5.84 Å². The van der Waals surface area contributed by atoms with E-state index >= 15 is 0 Å². The number of benzene rings is 3. The summed E-state index contributed by atoms with van der Waals surface area (Å²) < 4.78 is 11.0. The zero-order valence-corrected chi connectivity index (χ0v) is 22.1. The molecule has 0 saturated heterocycles. The maximum atomic E-state index is 12.8. The Morgan fingerprint density at radius 3 is 2.23 bits per heavy atom. The van der Waals surface area contributed by atoms with Crippen LogP contribution in [0.4, 0.5) is 11.4 Å². The van der Waals surface area contributed by atoms with E-state index in [0.29, 0.717) is 54.2 Å². The zero-order chi connectivity index (χ0) is 28.0. The Hall–Kier alpha value is -5.22. The van der Waals surface area contributed by atoms with Crippen molar-refractivity contribution in [2.75, 3.05) is 32.2 Å². The first-order valence-corrected chi connectivity index (χ1v) is 12.2. The minimum Gasteiger partial charge on any atom is -0.496 e. The molecule has 0 aliphatic carbocycles. The maximum Gasteiger partial charge on any atom is 0.271 e. The topological polar surface area (TPSA) is 135 Å². The van der Waals surface area contributed by atoms with Gasteiger partial charge in [-0.15, -0.1) is 15.3 Å². The summed E-state index contributed by atoms with van der Waals surface area (Å²) >= 11 is 0. The number of amides is 1. The number of hydrazone groups is 1. The predicted octanol–water partition coefficient (Wildman–Crippen LogP) is 5.52. The molecule has 0 spiro atoms. The number of carbonyl (C=O) groups is 1. The Balaban J connectivity index is 2.02. The number of hydrogen-bond donors (Lipinski definition) is 1. The van der Waals surface area contributed by atoms with E-state index in [1.54, 1.807) is 42.5 Å². The first-order valence-electron chi connectivity index (χ1n) is 12.2. The van der Waals surface area contributed by atoms with Crippen LogP contribution in [0.25, 0.3) is 0 Å². The molecular formula is C29H29N7O3.